The lowest BCUT2D eigenvalue weighted by Crippen LogP contribution is -2.57. The minimum absolute atomic E-state index is 0.00299. The quantitative estimate of drug-likeness (QED) is 0.857. The molecule has 9 heteroatoms. The van der Waals surface area contributed by atoms with Gasteiger partial charge < -0.3 is 10.2 Å². The van der Waals surface area contributed by atoms with Crippen molar-refractivity contribution < 1.29 is 17.6 Å². The Balaban J connectivity index is 1.83. The number of nitrogens with one attached hydrogen (secondary N) is 1. The van der Waals surface area contributed by atoms with E-state index in [2.05, 4.69) is 5.32 Å². The molecule has 24 heavy (non-hydrogen) atoms. The van der Waals surface area contributed by atoms with E-state index in [1.165, 1.54) is 10.4 Å². The molecule has 0 saturated carbocycles. The van der Waals surface area contributed by atoms with Crippen LogP contribution in [0.1, 0.15) is 12.8 Å². The third-order valence-electron chi connectivity index (χ3n) is 4.44. The van der Waals surface area contributed by atoms with Gasteiger partial charge in [-0.1, -0.05) is 11.6 Å². The van der Waals surface area contributed by atoms with Crippen LogP contribution in [-0.2, 0) is 14.8 Å². The lowest BCUT2D eigenvalue weighted by atomic mass is 10.1. The van der Waals surface area contributed by atoms with Crippen molar-refractivity contribution in [1.82, 2.24) is 14.5 Å². The Hall–Kier alpha value is -1.22. The number of carbonyl (C=O) groups excluding carboxylic acids is 1. The van der Waals surface area contributed by atoms with Crippen LogP contribution in [0.15, 0.2) is 23.1 Å². The van der Waals surface area contributed by atoms with Gasteiger partial charge in [0.2, 0.25) is 15.9 Å². The molecule has 3 rings (SSSR count). The van der Waals surface area contributed by atoms with Crippen LogP contribution >= 0.6 is 11.6 Å². The highest BCUT2D eigenvalue weighted by molar-refractivity contribution is 7.89. The zero-order valence-corrected chi connectivity index (χ0v) is 14.6. The predicted octanol–water partition coefficient (Wildman–Crippen LogP) is 1.06. The molecule has 1 aromatic rings. The molecule has 0 aromatic heterocycles. The molecule has 2 heterocycles. The molecular formula is C15H19ClFN3O3S. The topological polar surface area (TPSA) is 69.7 Å². The van der Waals surface area contributed by atoms with Gasteiger partial charge in [0.1, 0.15) is 10.7 Å². The largest absolute Gasteiger partial charge is 0.336 e. The Bertz CT molecular complexity index is 743. The van der Waals surface area contributed by atoms with Gasteiger partial charge in [-0.05, 0) is 31.0 Å². The Kier molecular flexibility index (Phi) is 5.10. The van der Waals surface area contributed by atoms with Crippen LogP contribution in [0.3, 0.4) is 0 Å². The van der Waals surface area contributed by atoms with E-state index in [0.717, 1.165) is 18.6 Å². The number of piperidine rings is 1. The zero-order chi connectivity index (χ0) is 17.3. The van der Waals surface area contributed by atoms with Gasteiger partial charge in [0.05, 0.1) is 11.6 Å². The molecule has 2 saturated heterocycles. The standard InChI is InChI=1S/C15H19ClFN3O3S/c16-13-4-3-11(17)8-14(13)24(22,23)19-6-1-2-12(10-19)20-7-5-18-9-15(20)21/h3-4,8,12,18H,1-2,5-7,9-10H2. The summed E-state index contributed by atoms with van der Waals surface area (Å²) in [5, 5.41) is 3.00. The highest BCUT2D eigenvalue weighted by Gasteiger charge is 2.36. The van der Waals surface area contributed by atoms with Gasteiger partial charge >= 0.3 is 0 Å². The number of hydrogen-bond acceptors (Lipinski definition) is 4. The molecule has 1 amide bonds. The van der Waals surface area contributed by atoms with Crippen molar-refractivity contribution in [1.29, 1.82) is 0 Å². The summed E-state index contributed by atoms with van der Waals surface area (Å²) in [6.07, 6.45) is 1.41. The van der Waals surface area contributed by atoms with Crippen molar-refractivity contribution in [2.45, 2.75) is 23.8 Å². The number of nitrogens with zero attached hydrogens (tertiary/aromatic N) is 2. The molecule has 2 aliphatic heterocycles. The lowest BCUT2D eigenvalue weighted by molar-refractivity contribution is -0.135. The number of piperazine rings is 1. The zero-order valence-electron chi connectivity index (χ0n) is 13.0. The van der Waals surface area contributed by atoms with E-state index in [0.29, 0.717) is 26.1 Å². The summed E-state index contributed by atoms with van der Waals surface area (Å²) in [6, 6.07) is 3.15. The van der Waals surface area contributed by atoms with E-state index in [1.54, 1.807) is 4.90 Å². The van der Waals surface area contributed by atoms with Crippen LogP contribution in [-0.4, -0.2) is 62.3 Å². The molecule has 6 nitrogen and oxygen atoms in total. The SMILES string of the molecule is O=C1CNCCN1C1CCCN(S(=O)(=O)c2cc(F)ccc2Cl)C1. The van der Waals surface area contributed by atoms with Crippen molar-refractivity contribution in [2.75, 3.05) is 32.7 Å². The summed E-state index contributed by atoms with van der Waals surface area (Å²) >= 11 is 5.96. The van der Waals surface area contributed by atoms with Crippen LogP contribution in [0.4, 0.5) is 4.39 Å². The van der Waals surface area contributed by atoms with Crippen LogP contribution in [0.2, 0.25) is 5.02 Å². The second kappa shape index (κ2) is 6.95. The average Bonchev–Trinajstić information content (AvgIpc) is 2.57. The number of carbonyl (C=O) groups is 1. The number of rotatable bonds is 3. The number of sulfonamides is 1. The second-order valence-electron chi connectivity index (χ2n) is 6.00. The summed E-state index contributed by atoms with van der Waals surface area (Å²) in [6.45, 7) is 2.09. The maximum atomic E-state index is 13.5. The van der Waals surface area contributed by atoms with E-state index in [1.807, 2.05) is 0 Å². The Morgan fingerprint density at radius 1 is 1.29 bits per heavy atom. The minimum atomic E-state index is -3.90. The molecular weight excluding hydrogens is 357 g/mol. The number of benzene rings is 1. The van der Waals surface area contributed by atoms with Gasteiger partial charge in [0.25, 0.3) is 0 Å². The average molecular weight is 376 g/mol. The Labute approximate surface area is 145 Å². The summed E-state index contributed by atoms with van der Waals surface area (Å²) in [7, 11) is -3.90. The number of halogens is 2. The fourth-order valence-corrected chi connectivity index (χ4v) is 5.22. The molecule has 1 unspecified atom stereocenters. The van der Waals surface area contributed by atoms with Crippen molar-refractivity contribution >= 4 is 27.5 Å². The molecule has 2 aliphatic rings. The summed E-state index contributed by atoms with van der Waals surface area (Å²) in [5.74, 6) is -0.668. The molecule has 0 aliphatic carbocycles. The van der Waals surface area contributed by atoms with E-state index in [-0.39, 0.29) is 35.0 Å². The molecule has 1 N–H and O–H groups in total. The molecule has 1 aromatic carbocycles. The van der Waals surface area contributed by atoms with Crippen molar-refractivity contribution in [3.05, 3.63) is 29.0 Å². The van der Waals surface area contributed by atoms with Gasteiger partial charge in [0.15, 0.2) is 0 Å². The molecule has 0 radical (unpaired) electrons. The normalized spacial score (nSPS) is 23.5. The summed E-state index contributed by atoms with van der Waals surface area (Å²) < 4.78 is 40.4. The van der Waals surface area contributed by atoms with Crippen LogP contribution in [0.5, 0.6) is 0 Å². The fraction of sp³-hybridized carbons (Fsp3) is 0.533. The molecule has 0 bridgehead atoms. The van der Waals surface area contributed by atoms with Crippen molar-refractivity contribution in [3.8, 4) is 0 Å². The monoisotopic (exact) mass is 375 g/mol. The predicted molar refractivity (Wildman–Crippen MR) is 87.8 cm³/mol. The van der Waals surface area contributed by atoms with E-state index >= 15 is 0 Å². The van der Waals surface area contributed by atoms with E-state index in [9.17, 15) is 17.6 Å². The first-order valence-corrected chi connectivity index (χ1v) is 9.67. The van der Waals surface area contributed by atoms with Crippen LogP contribution < -0.4 is 5.32 Å². The van der Waals surface area contributed by atoms with Gasteiger partial charge in [-0.3, -0.25) is 4.79 Å². The van der Waals surface area contributed by atoms with E-state index < -0.39 is 15.8 Å². The summed E-state index contributed by atoms with van der Waals surface area (Å²) in [4.78, 5) is 13.6. The minimum Gasteiger partial charge on any atom is -0.336 e. The van der Waals surface area contributed by atoms with Gasteiger partial charge in [-0.2, -0.15) is 4.31 Å². The van der Waals surface area contributed by atoms with Crippen LogP contribution in [0, 0.1) is 5.82 Å². The highest BCUT2D eigenvalue weighted by Crippen LogP contribution is 2.28. The molecule has 2 fully saturated rings. The maximum absolute atomic E-state index is 13.5. The third kappa shape index (κ3) is 3.42. The Morgan fingerprint density at radius 2 is 2.08 bits per heavy atom. The van der Waals surface area contributed by atoms with Gasteiger partial charge in [-0.15, -0.1) is 0 Å². The smallest absolute Gasteiger partial charge is 0.244 e. The lowest BCUT2D eigenvalue weighted by Gasteiger charge is -2.40. The van der Waals surface area contributed by atoms with Gasteiger partial charge in [-0.25, -0.2) is 12.8 Å². The van der Waals surface area contributed by atoms with Crippen molar-refractivity contribution in [3.63, 3.8) is 0 Å². The Morgan fingerprint density at radius 3 is 2.83 bits per heavy atom. The molecule has 1 atom stereocenters. The van der Waals surface area contributed by atoms with E-state index in [4.69, 9.17) is 11.6 Å². The highest BCUT2D eigenvalue weighted by atomic mass is 35.5. The third-order valence-corrected chi connectivity index (χ3v) is 6.78. The number of amides is 1. The molecule has 0 spiro atoms. The number of hydrogen-bond donors (Lipinski definition) is 1. The summed E-state index contributed by atoms with van der Waals surface area (Å²) in [5.41, 5.74) is 0. The second-order valence-corrected chi connectivity index (χ2v) is 8.31. The van der Waals surface area contributed by atoms with Gasteiger partial charge in [0, 0.05) is 32.2 Å². The first-order chi connectivity index (χ1) is 11.4. The fourth-order valence-electron chi connectivity index (χ4n) is 3.21. The maximum Gasteiger partial charge on any atom is 0.244 e. The molecule has 132 valence electrons. The first-order valence-electron chi connectivity index (χ1n) is 7.85. The van der Waals surface area contributed by atoms with Crippen molar-refractivity contribution in [2.24, 2.45) is 0 Å². The first kappa shape index (κ1) is 17.6. The van der Waals surface area contributed by atoms with Crippen LogP contribution in [0.25, 0.3) is 0 Å².